The molecule has 1 saturated carbocycles. The average molecular weight is 185 g/mol. The van der Waals surface area contributed by atoms with Crippen molar-refractivity contribution in [2.24, 2.45) is 0 Å². The summed E-state index contributed by atoms with van der Waals surface area (Å²) in [5, 5.41) is 3.62. The van der Waals surface area contributed by atoms with Crippen molar-refractivity contribution in [1.82, 2.24) is 5.32 Å². The zero-order chi connectivity index (χ0) is 9.10. The topological polar surface area (TPSA) is 30.5 Å². The summed E-state index contributed by atoms with van der Waals surface area (Å²) in [6.07, 6.45) is 5.45. The first kappa shape index (κ1) is 9.44. The molecule has 1 N–H and O–H groups in total. The van der Waals surface area contributed by atoms with Gasteiger partial charge in [-0.25, -0.2) is 0 Å². The molecule has 2 aliphatic rings. The summed E-state index contributed by atoms with van der Waals surface area (Å²) < 4.78 is 10.5. The fraction of sp³-hybridized carbons (Fsp3) is 1.00. The average Bonchev–Trinajstić information content (AvgIpc) is 2.12. The van der Waals surface area contributed by atoms with E-state index in [-0.39, 0.29) is 0 Å². The molecule has 2 rings (SSSR count). The molecule has 0 spiro atoms. The van der Waals surface area contributed by atoms with Crippen molar-refractivity contribution >= 4 is 0 Å². The molecule has 0 atom stereocenters. The van der Waals surface area contributed by atoms with Gasteiger partial charge in [-0.1, -0.05) is 0 Å². The Morgan fingerprint density at radius 1 is 1.08 bits per heavy atom. The molecule has 3 heteroatoms. The lowest BCUT2D eigenvalue weighted by molar-refractivity contribution is -0.0163. The molecule has 0 bridgehead atoms. The Bertz CT molecular complexity index is 151. The van der Waals surface area contributed by atoms with E-state index >= 15 is 0 Å². The van der Waals surface area contributed by atoms with E-state index in [9.17, 15) is 0 Å². The van der Waals surface area contributed by atoms with Crippen molar-refractivity contribution in [3.63, 3.8) is 0 Å². The lowest BCUT2D eigenvalue weighted by Crippen LogP contribution is -2.51. The van der Waals surface area contributed by atoms with Gasteiger partial charge in [-0.2, -0.15) is 0 Å². The zero-order valence-corrected chi connectivity index (χ0v) is 8.29. The van der Waals surface area contributed by atoms with Gasteiger partial charge in [0.15, 0.2) is 0 Å². The van der Waals surface area contributed by atoms with Gasteiger partial charge in [-0.3, -0.25) is 0 Å². The molecule has 13 heavy (non-hydrogen) atoms. The van der Waals surface area contributed by atoms with Crippen molar-refractivity contribution < 1.29 is 9.47 Å². The van der Waals surface area contributed by atoms with Gasteiger partial charge in [-0.05, 0) is 25.7 Å². The highest BCUT2D eigenvalue weighted by molar-refractivity contribution is 4.83. The van der Waals surface area contributed by atoms with Crippen molar-refractivity contribution in [3.05, 3.63) is 0 Å². The van der Waals surface area contributed by atoms with Crippen LogP contribution in [0.1, 0.15) is 25.7 Å². The lowest BCUT2D eigenvalue weighted by Gasteiger charge is -2.35. The Morgan fingerprint density at radius 3 is 2.23 bits per heavy atom. The van der Waals surface area contributed by atoms with E-state index in [4.69, 9.17) is 9.47 Å². The van der Waals surface area contributed by atoms with Gasteiger partial charge >= 0.3 is 0 Å². The number of nitrogens with one attached hydrogen (secondary N) is 1. The summed E-state index contributed by atoms with van der Waals surface area (Å²) >= 11 is 0. The van der Waals surface area contributed by atoms with E-state index in [1.54, 1.807) is 0 Å². The summed E-state index contributed by atoms with van der Waals surface area (Å²) in [5.74, 6) is 0. The van der Waals surface area contributed by atoms with Crippen molar-refractivity contribution in [1.29, 1.82) is 0 Å². The molecule has 0 unspecified atom stereocenters. The van der Waals surface area contributed by atoms with Crippen LogP contribution in [-0.2, 0) is 9.47 Å². The Balaban J connectivity index is 1.65. The van der Waals surface area contributed by atoms with Crippen molar-refractivity contribution in [2.75, 3.05) is 20.3 Å². The standard InChI is InChI=1S/C10H19NO2/c1-12-10-4-2-8(3-5-10)11-9-6-13-7-9/h8-11H,2-7H2,1H3. The number of methoxy groups -OCH3 is 1. The maximum absolute atomic E-state index is 5.33. The van der Waals surface area contributed by atoms with E-state index in [1.165, 1.54) is 25.7 Å². The first-order valence-corrected chi connectivity index (χ1v) is 5.25. The number of ether oxygens (including phenoxy) is 2. The van der Waals surface area contributed by atoms with Crippen LogP contribution >= 0.6 is 0 Å². The Morgan fingerprint density at radius 2 is 1.77 bits per heavy atom. The van der Waals surface area contributed by atoms with Gasteiger partial charge in [0.2, 0.25) is 0 Å². The third-order valence-electron chi connectivity index (χ3n) is 3.12. The van der Waals surface area contributed by atoms with Crippen LogP contribution in [0.25, 0.3) is 0 Å². The molecule has 1 saturated heterocycles. The molecule has 76 valence electrons. The maximum atomic E-state index is 5.33. The van der Waals surface area contributed by atoms with Gasteiger partial charge < -0.3 is 14.8 Å². The lowest BCUT2D eigenvalue weighted by atomic mass is 9.92. The monoisotopic (exact) mass is 185 g/mol. The fourth-order valence-electron chi connectivity index (χ4n) is 2.13. The van der Waals surface area contributed by atoms with E-state index in [1.807, 2.05) is 7.11 Å². The minimum atomic E-state index is 0.510. The summed E-state index contributed by atoms with van der Waals surface area (Å²) in [5.41, 5.74) is 0. The normalized spacial score (nSPS) is 35.8. The predicted molar refractivity (Wildman–Crippen MR) is 50.8 cm³/mol. The number of hydrogen-bond donors (Lipinski definition) is 1. The number of rotatable bonds is 3. The Kier molecular flexibility index (Phi) is 3.19. The molecule has 0 radical (unpaired) electrons. The smallest absolute Gasteiger partial charge is 0.0643 e. The van der Waals surface area contributed by atoms with Gasteiger partial charge in [-0.15, -0.1) is 0 Å². The molecule has 0 aromatic rings. The van der Waals surface area contributed by atoms with Crippen LogP contribution in [0.5, 0.6) is 0 Å². The summed E-state index contributed by atoms with van der Waals surface area (Å²) in [6, 6.07) is 1.34. The highest BCUT2D eigenvalue weighted by Crippen LogP contribution is 2.21. The summed E-state index contributed by atoms with van der Waals surface area (Å²) in [7, 11) is 1.82. The van der Waals surface area contributed by atoms with E-state index in [2.05, 4.69) is 5.32 Å². The molecular weight excluding hydrogens is 166 g/mol. The van der Waals surface area contributed by atoms with Crippen LogP contribution in [-0.4, -0.2) is 38.5 Å². The van der Waals surface area contributed by atoms with E-state index in [0.717, 1.165) is 13.2 Å². The van der Waals surface area contributed by atoms with Crippen molar-refractivity contribution in [3.8, 4) is 0 Å². The summed E-state index contributed by atoms with van der Waals surface area (Å²) in [4.78, 5) is 0. The van der Waals surface area contributed by atoms with Crippen LogP contribution in [0.3, 0.4) is 0 Å². The van der Waals surface area contributed by atoms with Crippen LogP contribution < -0.4 is 5.32 Å². The van der Waals surface area contributed by atoms with Crippen molar-refractivity contribution in [2.45, 2.75) is 43.9 Å². The minimum absolute atomic E-state index is 0.510. The molecule has 2 fully saturated rings. The molecule has 0 aromatic heterocycles. The quantitative estimate of drug-likeness (QED) is 0.709. The second-order valence-electron chi connectivity index (χ2n) is 4.11. The van der Waals surface area contributed by atoms with Gasteiger partial charge in [0.25, 0.3) is 0 Å². The highest BCUT2D eigenvalue weighted by Gasteiger charge is 2.25. The molecule has 0 aromatic carbocycles. The minimum Gasteiger partial charge on any atom is -0.381 e. The molecule has 0 amide bonds. The first-order valence-electron chi connectivity index (χ1n) is 5.25. The van der Waals surface area contributed by atoms with Crippen LogP contribution in [0.15, 0.2) is 0 Å². The van der Waals surface area contributed by atoms with Crippen LogP contribution in [0.4, 0.5) is 0 Å². The maximum Gasteiger partial charge on any atom is 0.0643 e. The van der Waals surface area contributed by atoms with E-state index in [0.29, 0.717) is 18.2 Å². The molecule has 1 aliphatic heterocycles. The zero-order valence-electron chi connectivity index (χ0n) is 8.29. The number of hydrogen-bond acceptors (Lipinski definition) is 3. The highest BCUT2D eigenvalue weighted by atomic mass is 16.5. The van der Waals surface area contributed by atoms with Crippen LogP contribution in [0.2, 0.25) is 0 Å². The molecular formula is C10H19NO2. The Labute approximate surface area is 79.8 Å². The SMILES string of the molecule is COC1CCC(NC2COC2)CC1. The van der Waals surface area contributed by atoms with Gasteiger partial charge in [0.05, 0.1) is 25.4 Å². The largest absolute Gasteiger partial charge is 0.381 e. The Hall–Kier alpha value is -0.120. The molecule has 1 heterocycles. The fourth-order valence-corrected chi connectivity index (χ4v) is 2.13. The van der Waals surface area contributed by atoms with Gasteiger partial charge in [0, 0.05) is 13.2 Å². The first-order chi connectivity index (χ1) is 6.38. The second kappa shape index (κ2) is 4.40. The third kappa shape index (κ3) is 2.42. The van der Waals surface area contributed by atoms with Gasteiger partial charge in [0.1, 0.15) is 0 Å². The second-order valence-corrected chi connectivity index (χ2v) is 4.11. The van der Waals surface area contributed by atoms with Crippen LogP contribution in [0, 0.1) is 0 Å². The molecule has 3 nitrogen and oxygen atoms in total. The third-order valence-corrected chi connectivity index (χ3v) is 3.12. The van der Waals surface area contributed by atoms with E-state index < -0.39 is 0 Å². The predicted octanol–water partition coefficient (Wildman–Crippen LogP) is 0.932. The molecule has 1 aliphatic carbocycles. The summed E-state index contributed by atoms with van der Waals surface area (Å²) in [6.45, 7) is 1.81.